The molecule has 2 aromatic carbocycles. The highest BCUT2D eigenvalue weighted by Crippen LogP contribution is 2.29. The van der Waals surface area contributed by atoms with Gasteiger partial charge in [0, 0.05) is 35.9 Å². The SMILES string of the molecule is O=C(Nc1[nH]nc2sc(C(=O)NCc3cccc(Cl)c3)cc12)c1ccc(N2CCOCC2)cc1. The van der Waals surface area contributed by atoms with Crippen molar-refractivity contribution in [1.29, 1.82) is 0 Å². The number of thiophene rings is 1. The van der Waals surface area contributed by atoms with Gasteiger partial charge < -0.3 is 20.3 Å². The minimum absolute atomic E-state index is 0.209. The Bertz CT molecular complexity index is 1330. The van der Waals surface area contributed by atoms with Crippen LogP contribution in [0.1, 0.15) is 25.6 Å². The first-order chi connectivity index (χ1) is 16.6. The van der Waals surface area contributed by atoms with E-state index >= 15 is 0 Å². The van der Waals surface area contributed by atoms with Crippen molar-refractivity contribution in [2.45, 2.75) is 6.54 Å². The zero-order chi connectivity index (χ0) is 23.5. The van der Waals surface area contributed by atoms with Crippen molar-refractivity contribution in [3.63, 3.8) is 0 Å². The van der Waals surface area contributed by atoms with Crippen LogP contribution in [0.4, 0.5) is 11.5 Å². The van der Waals surface area contributed by atoms with E-state index in [2.05, 4.69) is 25.7 Å². The fraction of sp³-hybridized carbons (Fsp3) is 0.208. The third-order valence-electron chi connectivity index (χ3n) is 5.56. The van der Waals surface area contributed by atoms with Gasteiger partial charge in [-0.15, -0.1) is 11.3 Å². The molecule has 3 N–H and O–H groups in total. The quantitative estimate of drug-likeness (QED) is 0.370. The number of fused-ring (bicyclic) bond motifs is 1. The van der Waals surface area contributed by atoms with Crippen LogP contribution in [0.15, 0.2) is 54.6 Å². The number of hydrogen-bond donors (Lipinski definition) is 3. The lowest BCUT2D eigenvalue weighted by Crippen LogP contribution is -2.36. The number of aromatic nitrogens is 2. The molecule has 0 spiro atoms. The van der Waals surface area contributed by atoms with Gasteiger partial charge in [-0.05, 0) is 48.0 Å². The maximum Gasteiger partial charge on any atom is 0.261 e. The van der Waals surface area contributed by atoms with Crippen molar-refractivity contribution < 1.29 is 14.3 Å². The summed E-state index contributed by atoms with van der Waals surface area (Å²) < 4.78 is 5.39. The first kappa shape index (κ1) is 22.4. The molecule has 174 valence electrons. The zero-order valence-corrected chi connectivity index (χ0v) is 19.7. The number of morpholine rings is 1. The normalized spacial score (nSPS) is 13.7. The standard InChI is InChI=1S/C24H22ClN5O3S/c25-17-3-1-2-15(12-17)14-26-23(32)20-13-19-21(28-29-24(19)34-20)27-22(31)16-4-6-18(7-5-16)30-8-10-33-11-9-30/h1-7,12-13H,8-11,14H2,(H,26,32)(H2,27,28,29,31). The Morgan fingerprint density at radius 3 is 2.65 bits per heavy atom. The average molecular weight is 496 g/mol. The molecule has 2 amide bonds. The lowest BCUT2D eigenvalue weighted by molar-refractivity contribution is 0.0954. The number of anilines is 2. The zero-order valence-electron chi connectivity index (χ0n) is 18.1. The highest BCUT2D eigenvalue weighted by atomic mass is 35.5. The number of carbonyl (C=O) groups excluding carboxylic acids is 2. The molecule has 1 fully saturated rings. The summed E-state index contributed by atoms with van der Waals surface area (Å²) in [5.74, 6) is -0.00131. The van der Waals surface area contributed by atoms with E-state index < -0.39 is 0 Å². The number of halogens is 1. The molecule has 4 aromatic rings. The summed E-state index contributed by atoms with van der Waals surface area (Å²) in [5, 5.41) is 14.2. The molecule has 0 radical (unpaired) electrons. The second-order valence-corrected chi connectivity index (χ2v) is 9.31. The number of benzene rings is 2. The second kappa shape index (κ2) is 9.84. The molecular weight excluding hydrogens is 474 g/mol. The van der Waals surface area contributed by atoms with Crippen LogP contribution in [0.25, 0.3) is 10.2 Å². The first-order valence-corrected chi connectivity index (χ1v) is 12.0. The van der Waals surface area contributed by atoms with Gasteiger partial charge in [0.2, 0.25) is 0 Å². The Morgan fingerprint density at radius 1 is 1.09 bits per heavy atom. The number of nitrogens with zero attached hydrogens (tertiary/aromatic N) is 2. The maximum atomic E-state index is 12.8. The van der Waals surface area contributed by atoms with Gasteiger partial charge in [-0.25, -0.2) is 0 Å². The Kier molecular flexibility index (Phi) is 6.48. The van der Waals surface area contributed by atoms with E-state index in [1.165, 1.54) is 11.3 Å². The summed E-state index contributed by atoms with van der Waals surface area (Å²) in [6, 6.07) is 16.5. The van der Waals surface area contributed by atoms with Crippen molar-refractivity contribution in [3.05, 3.63) is 75.6 Å². The molecule has 5 rings (SSSR count). The van der Waals surface area contributed by atoms with Crippen LogP contribution in [-0.4, -0.2) is 48.3 Å². The lowest BCUT2D eigenvalue weighted by Gasteiger charge is -2.28. The molecule has 10 heteroatoms. The number of amides is 2. The number of nitrogens with one attached hydrogen (secondary N) is 3. The van der Waals surface area contributed by atoms with Gasteiger partial charge in [-0.2, -0.15) is 5.10 Å². The van der Waals surface area contributed by atoms with Gasteiger partial charge in [-0.3, -0.25) is 14.7 Å². The van der Waals surface area contributed by atoms with E-state index in [-0.39, 0.29) is 11.8 Å². The minimum Gasteiger partial charge on any atom is -0.378 e. The van der Waals surface area contributed by atoms with E-state index in [1.54, 1.807) is 24.3 Å². The van der Waals surface area contributed by atoms with Crippen LogP contribution in [0.3, 0.4) is 0 Å². The molecule has 0 saturated carbocycles. The molecule has 3 heterocycles. The molecule has 2 aromatic heterocycles. The van der Waals surface area contributed by atoms with E-state index in [9.17, 15) is 9.59 Å². The van der Waals surface area contributed by atoms with Crippen LogP contribution in [0, 0.1) is 0 Å². The van der Waals surface area contributed by atoms with Crippen LogP contribution in [0.5, 0.6) is 0 Å². The van der Waals surface area contributed by atoms with Gasteiger partial charge in [0.15, 0.2) is 0 Å². The van der Waals surface area contributed by atoms with Gasteiger partial charge >= 0.3 is 0 Å². The molecule has 0 aliphatic carbocycles. The number of hydrogen-bond acceptors (Lipinski definition) is 6. The van der Waals surface area contributed by atoms with E-state index in [1.807, 2.05) is 30.3 Å². The molecule has 8 nitrogen and oxygen atoms in total. The molecule has 1 aliphatic rings. The van der Waals surface area contributed by atoms with Crippen molar-refractivity contribution in [1.82, 2.24) is 15.5 Å². The minimum atomic E-state index is -0.253. The van der Waals surface area contributed by atoms with Crippen molar-refractivity contribution in [2.75, 3.05) is 36.5 Å². The predicted molar refractivity (Wildman–Crippen MR) is 134 cm³/mol. The molecule has 34 heavy (non-hydrogen) atoms. The topological polar surface area (TPSA) is 99.3 Å². The fourth-order valence-corrected chi connectivity index (χ4v) is 4.89. The van der Waals surface area contributed by atoms with Gasteiger partial charge in [0.1, 0.15) is 10.6 Å². The first-order valence-electron chi connectivity index (χ1n) is 10.8. The van der Waals surface area contributed by atoms with Crippen LogP contribution in [0.2, 0.25) is 5.02 Å². The summed E-state index contributed by atoms with van der Waals surface area (Å²) in [7, 11) is 0. The fourth-order valence-electron chi connectivity index (χ4n) is 3.76. The maximum absolute atomic E-state index is 12.8. The van der Waals surface area contributed by atoms with Gasteiger partial charge in [0.25, 0.3) is 11.8 Å². The molecule has 0 unspecified atom stereocenters. The second-order valence-electron chi connectivity index (χ2n) is 7.84. The third kappa shape index (κ3) is 4.91. The highest BCUT2D eigenvalue weighted by molar-refractivity contribution is 7.20. The Hall–Kier alpha value is -3.40. The Labute approximate surface area is 204 Å². The van der Waals surface area contributed by atoms with Crippen molar-refractivity contribution in [3.8, 4) is 0 Å². The summed E-state index contributed by atoms with van der Waals surface area (Å²) in [6.45, 7) is 3.46. The summed E-state index contributed by atoms with van der Waals surface area (Å²) in [4.78, 5) is 28.8. The van der Waals surface area contributed by atoms with Crippen LogP contribution >= 0.6 is 22.9 Å². The highest BCUT2D eigenvalue weighted by Gasteiger charge is 2.18. The van der Waals surface area contributed by atoms with Crippen LogP contribution in [-0.2, 0) is 11.3 Å². The number of aromatic amines is 1. The molecule has 0 bridgehead atoms. The number of carbonyl (C=O) groups is 2. The van der Waals surface area contributed by atoms with Crippen molar-refractivity contribution >= 4 is 56.5 Å². The monoisotopic (exact) mass is 495 g/mol. The molecular formula is C24H22ClN5O3S. The average Bonchev–Trinajstić information content (AvgIpc) is 3.45. The Balaban J connectivity index is 1.24. The molecule has 1 aliphatic heterocycles. The van der Waals surface area contributed by atoms with E-state index in [4.69, 9.17) is 16.3 Å². The summed E-state index contributed by atoms with van der Waals surface area (Å²) >= 11 is 7.26. The Morgan fingerprint density at radius 2 is 1.88 bits per heavy atom. The van der Waals surface area contributed by atoms with Gasteiger partial charge in [0.05, 0.1) is 23.5 Å². The molecule has 1 saturated heterocycles. The van der Waals surface area contributed by atoms with Gasteiger partial charge in [-0.1, -0.05) is 23.7 Å². The largest absolute Gasteiger partial charge is 0.378 e. The lowest BCUT2D eigenvalue weighted by atomic mass is 10.1. The van der Waals surface area contributed by atoms with Crippen LogP contribution < -0.4 is 15.5 Å². The summed E-state index contributed by atoms with van der Waals surface area (Å²) in [5.41, 5.74) is 2.51. The van der Waals surface area contributed by atoms with E-state index in [0.29, 0.717) is 51.3 Å². The summed E-state index contributed by atoms with van der Waals surface area (Å²) in [6.07, 6.45) is 0. The van der Waals surface area contributed by atoms with Crippen molar-refractivity contribution in [2.24, 2.45) is 0 Å². The predicted octanol–water partition coefficient (Wildman–Crippen LogP) is 4.30. The number of rotatable bonds is 6. The number of ether oxygens (including phenoxy) is 1. The number of H-pyrrole nitrogens is 1. The van der Waals surface area contributed by atoms with E-state index in [0.717, 1.165) is 24.3 Å². The smallest absolute Gasteiger partial charge is 0.261 e. The molecule has 0 atom stereocenters. The third-order valence-corrected chi connectivity index (χ3v) is 6.82.